The lowest BCUT2D eigenvalue weighted by Crippen LogP contribution is -2.13. The van der Waals surface area contributed by atoms with Crippen LogP contribution in [0.1, 0.15) is 59.0 Å². The van der Waals surface area contributed by atoms with E-state index in [2.05, 4.69) is 5.32 Å². The molecule has 0 aliphatic heterocycles. The van der Waals surface area contributed by atoms with Gasteiger partial charge in [-0.1, -0.05) is 30.5 Å². The predicted molar refractivity (Wildman–Crippen MR) is 115 cm³/mol. The second kappa shape index (κ2) is 10.0. The molecule has 0 saturated heterocycles. The summed E-state index contributed by atoms with van der Waals surface area (Å²) in [6.07, 6.45) is 8.62. The molecule has 0 saturated carbocycles. The normalized spacial score (nSPS) is 14.2. The number of nitrogens with one attached hydrogen (secondary N) is 1. The van der Waals surface area contributed by atoms with Crippen LogP contribution in [0.25, 0.3) is 6.08 Å². The minimum atomic E-state index is -0.507. The van der Waals surface area contributed by atoms with Gasteiger partial charge in [-0.2, -0.15) is 0 Å². The minimum Gasteiger partial charge on any atom is -0.462 e. The monoisotopic (exact) mass is 435 g/mol. The minimum absolute atomic E-state index is 0.147. The highest BCUT2D eigenvalue weighted by Gasteiger charge is 2.25. The maximum absolute atomic E-state index is 13.9. The summed E-state index contributed by atoms with van der Waals surface area (Å²) < 4.78 is 19.1. The number of rotatable bonds is 5. The first-order chi connectivity index (χ1) is 14.0. The standard InChI is InChI=1S/C22H23ClFNO3S/c1-2-28-22(27)20-15-8-5-3-4-6-11-18(15)29-21(20)25-19(26)13-12-14-16(23)9-7-10-17(14)24/h7,9-10,12-13H,2-6,8,11H2,1H3,(H,25,26)/b13-12+. The van der Waals surface area contributed by atoms with Crippen LogP contribution in [0.2, 0.25) is 5.02 Å². The molecule has 0 bridgehead atoms. The van der Waals surface area contributed by atoms with E-state index in [1.165, 1.54) is 42.0 Å². The molecule has 29 heavy (non-hydrogen) atoms. The van der Waals surface area contributed by atoms with Gasteiger partial charge in [0.25, 0.3) is 0 Å². The molecular weight excluding hydrogens is 413 g/mol. The van der Waals surface area contributed by atoms with Gasteiger partial charge in [-0.25, -0.2) is 9.18 Å². The Morgan fingerprint density at radius 3 is 2.72 bits per heavy atom. The zero-order chi connectivity index (χ0) is 20.8. The summed E-state index contributed by atoms with van der Waals surface area (Å²) in [4.78, 5) is 26.2. The van der Waals surface area contributed by atoms with Gasteiger partial charge >= 0.3 is 5.97 Å². The Morgan fingerprint density at radius 1 is 1.24 bits per heavy atom. The van der Waals surface area contributed by atoms with E-state index < -0.39 is 17.7 Å². The second-order valence-electron chi connectivity index (χ2n) is 6.80. The van der Waals surface area contributed by atoms with Crippen LogP contribution >= 0.6 is 22.9 Å². The first kappa shape index (κ1) is 21.5. The quantitative estimate of drug-likeness (QED) is 0.461. The average Bonchev–Trinajstić information content (AvgIpc) is 2.97. The molecule has 0 radical (unpaired) electrons. The number of aryl methyl sites for hydroxylation is 1. The van der Waals surface area contributed by atoms with Crippen molar-refractivity contribution in [3.8, 4) is 0 Å². The van der Waals surface area contributed by atoms with Crippen LogP contribution in [-0.2, 0) is 22.4 Å². The molecule has 0 atom stereocenters. The van der Waals surface area contributed by atoms with Crippen molar-refractivity contribution in [3.05, 3.63) is 56.7 Å². The Kier molecular flexibility index (Phi) is 7.45. The lowest BCUT2D eigenvalue weighted by molar-refractivity contribution is -0.111. The zero-order valence-corrected chi connectivity index (χ0v) is 17.8. The molecule has 7 heteroatoms. The number of hydrogen-bond acceptors (Lipinski definition) is 4. The lowest BCUT2D eigenvalue weighted by atomic mass is 9.96. The number of ether oxygens (including phenoxy) is 1. The Bertz CT molecular complexity index is 918. The highest BCUT2D eigenvalue weighted by molar-refractivity contribution is 7.17. The molecule has 1 aromatic carbocycles. The Labute approximate surface area is 178 Å². The highest BCUT2D eigenvalue weighted by atomic mass is 35.5. The molecular formula is C22H23ClFNO3S. The van der Waals surface area contributed by atoms with Crippen molar-refractivity contribution in [1.29, 1.82) is 0 Å². The maximum atomic E-state index is 13.9. The van der Waals surface area contributed by atoms with Gasteiger partial charge < -0.3 is 10.1 Å². The van der Waals surface area contributed by atoms with E-state index in [-0.39, 0.29) is 17.2 Å². The second-order valence-corrected chi connectivity index (χ2v) is 8.31. The van der Waals surface area contributed by atoms with Gasteiger partial charge in [0, 0.05) is 16.5 Å². The summed E-state index contributed by atoms with van der Waals surface area (Å²) in [6.45, 7) is 2.02. The summed E-state index contributed by atoms with van der Waals surface area (Å²) in [5.41, 5.74) is 1.59. The third kappa shape index (κ3) is 5.25. The summed E-state index contributed by atoms with van der Waals surface area (Å²) >= 11 is 7.42. The smallest absolute Gasteiger partial charge is 0.341 e. The number of halogens is 2. The fourth-order valence-corrected chi connectivity index (χ4v) is 4.92. The average molecular weight is 436 g/mol. The summed E-state index contributed by atoms with van der Waals surface area (Å²) in [7, 11) is 0. The van der Waals surface area contributed by atoms with E-state index >= 15 is 0 Å². The third-order valence-electron chi connectivity index (χ3n) is 4.79. The molecule has 1 aliphatic rings. The van der Waals surface area contributed by atoms with E-state index in [0.29, 0.717) is 10.6 Å². The number of carbonyl (C=O) groups is 2. The Balaban J connectivity index is 1.87. The number of thiophene rings is 1. The Hall–Kier alpha value is -2.18. The molecule has 0 unspecified atom stereocenters. The molecule has 1 heterocycles. The van der Waals surface area contributed by atoms with Crippen molar-refractivity contribution in [3.63, 3.8) is 0 Å². The number of carbonyl (C=O) groups excluding carboxylic acids is 2. The van der Waals surface area contributed by atoms with Gasteiger partial charge in [-0.15, -0.1) is 11.3 Å². The fourth-order valence-electron chi connectivity index (χ4n) is 3.41. The molecule has 4 nitrogen and oxygen atoms in total. The molecule has 1 N–H and O–H groups in total. The number of amides is 1. The van der Waals surface area contributed by atoms with Crippen molar-refractivity contribution in [2.45, 2.75) is 45.4 Å². The van der Waals surface area contributed by atoms with Crippen LogP contribution < -0.4 is 5.32 Å². The van der Waals surface area contributed by atoms with Crippen LogP contribution in [0.4, 0.5) is 9.39 Å². The summed E-state index contributed by atoms with van der Waals surface area (Å²) in [6, 6.07) is 4.34. The van der Waals surface area contributed by atoms with Gasteiger partial charge in [0.05, 0.1) is 17.2 Å². The van der Waals surface area contributed by atoms with Gasteiger partial charge in [-0.05, 0) is 56.4 Å². The first-order valence-corrected chi connectivity index (χ1v) is 11.0. The third-order valence-corrected chi connectivity index (χ3v) is 6.33. The summed E-state index contributed by atoms with van der Waals surface area (Å²) in [5, 5.41) is 3.50. The van der Waals surface area contributed by atoms with Crippen molar-refractivity contribution < 1.29 is 18.7 Å². The van der Waals surface area contributed by atoms with Gasteiger partial charge in [0.1, 0.15) is 10.8 Å². The Morgan fingerprint density at radius 2 is 2.00 bits per heavy atom. The predicted octanol–water partition coefficient (Wildman–Crippen LogP) is 6.03. The molecule has 1 amide bonds. The van der Waals surface area contributed by atoms with Crippen LogP contribution in [0.15, 0.2) is 24.3 Å². The van der Waals surface area contributed by atoms with Crippen molar-refractivity contribution in [2.75, 3.05) is 11.9 Å². The maximum Gasteiger partial charge on any atom is 0.341 e. The van der Waals surface area contributed by atoms with Crippen LogP contribution in [0, 0.1) is 5.82 Å². The van der Waals surface area contributed by atoms with Crippen molar-refractivity contribution in [2.24, 2.45) is 0 Å². The fraction of sp³-hybridized carbons (Fsp3) is 0.364. The molecule has 1 aromatic heterocycles. The molecule has 154 valence electrons. The summed E-state index contributed by atoms with van der Waals surface area (Å²) in [5.74, 6) is -1.38. The number of fused-ring (bicyclic) bond motifs is 1. The SMILES string of the molecule is CCOC(=O)c1c(NC(=O)/C=C/c2c(F)cccc2Cl)sc2c1CCCCCC2. The number of benzene rings is 1. The van der Waals surface area contributed by atoms with Crippen LogP contribution in [0.5, 0.6) is 0 Å². The van der Waals surface area contributed by atoms with E-state index in [1.807, 2.05) is 0 Å². The molecule has 3 rings (SSSR count). The molecule has 2 aromatic rings. The molecule has 0 spiro atoms. The van der Waals surface area contributed by atoms with Crippen molar-refractivity contribution >= 4 is 45.9 Å². The largest absolute Gasteiger partial charge is 0.462 e. The molecule has 0 fully saturated rings. The number of hydrogen-bond donors (Lipinski definition) is 1. The highest BCUT2D eigenvalue weighted by Crippen LogP contribution is 2.37. The van der Waals surface area contributed by atoms with E-state index in [0.717, 1.165) is 42.5 Å². The van der Waals surface area contributed by atoms with E-state index in [4.69, 9.17) is 16.3 Å². The van der Waals surface area contributed by atoms with Crippen LogP contribution in [0.3, 0.4) is 0 Å². The van der Waals surface area contributed by atoms with Gasteiger partial charge in [0.2, 0.25) is 5.91 Å². The topological polar surface area (TPSA) is 55.4 Å². The molecule has 1 aliphatic carbocycles. The van der Waals surface area contributed by atoms with E-state index in [1.54, 1.807) is 13.0 Å². The van der Waals surface area contributed by atoms with E-state index in [9.17, 15) is 14.0 Å². The number of anilines is 1. The van der Waals surface area contributed by atoms with Crippen LogP contribution in [-0.4, -0.2) is 18.5 Å². The first-order valence-electron chi connectivity index (χ1n) is 9.76. The van der Waals surface area contributed by atoms with Gasteiger partial charge in [0.15, 0.2) is 0 Å². The lowest BCUT2D eigenvalue weighted by Gasteiger charge is -2.11. The number of esters is 1. The zero-order valence-electron chi connectivity index (χ0n) is 16.2. The van der Waals surface area contributed by atoms with Crippen molar-refractivity contribution in [1.82, 2.24) is 0 Å². The van der Waals surface area contributed by atoms with Gasteiger partial charge in [-0.3, -0.25) is 4.79 Å².